The molecule has 1 aliphatic heterocycles. The van der Waals surface area contributed by atoms with Crippen LogP contribution in [0, 0.1) is 0 Å². The first-order chi connectivity index (χ1) is 8.78. The van der Waals surface area contributed by atoms with Crippen LogP contribution >= 0.6 is 15.9 Å². The third-order valence-corrected chi connectivity index (χ3v) is 4.46. The molecule has 4 heteroatoms. The molecule has 2 atom stereocenters. The van der Waals surface area contributed by atoms with Crippen molar-refractivity contribution in [2.75, 3.05) is 6.61 Å². The average Bonchev–Trinajstić information content (AvgIpc) is 2.34. The molecular formula is C15H22BrNO2. The maximum absolute atomic E-state index is 10.9. The molecule has 2 N–H and O–H groups in total. The highest BCUT2D eigenvalue weighted by molar-refractivity contribution is 9.10. The Balaban J connectivity index is 2.35. The molecule has 3 nitrogen and oxygen atoms in total. The predicted octanol–water partition coefficient (Wildman–Crippen LogP) is 2.94. The van der Waals surface area contributed by atoms with Crippen LogP contribution in [0.1, 0.15) is 38.8 Å². The van der Waals surface area contributed by atoms with E-state index in [-0.39, 0.29) is 11.6 Å². The molecule has 1 fully saturated rings. The van der Waals surface area contributed by atoms with Crippen LogP contribution < -0.4 is 5.32 Å². The maximum Gasteiger partial charge on any atom is 0.208 e. The fraction of sp³-hybridized carbons (Fsp3) is 0.600. The first-order valence-electron chi connectivity index (χ1n) is 6.71. The molecular weight excluding hydrogens is 306 g/mol. The van der Waals surface area contributed by atoms with E-state index in [4.69, 9.17) is 4.74 Å². The number of nitrogens with one attached hydrogen (secondary N) is 1. The lowest BCUT2D eigenvalue weighted by atomic mass is 9.91. The number of aliphatic hydroxyl groups is 1. The van der Waals surface area contributed by atoms with Crippen molar-refractivity contribution >= 4 is 15.9 Å². The third kappa shape index (κ3) is 2.87. The summed E-state index contributed by atoms with van der Waals surface area (Å²) in [6.45, 7) is 8.67. The van der Waals surface area contributed by atoms with Crippen LogP contribution in [-0.4, -0.2) is 23.3 Å². The van der Waals surface area contributed by atoms with Gasteiger partial charge in [-0.2, -0.15) is 0 Å². The molecule has 2 rings (SSSR count). The van der Waals surface area contributed by atoms with E-state index in [2.05, 4.69) is 42.0 Å². The first kappa shape index (κ1) is 15.0. The van der Waals surface area contributed by atoms with E-state index >= 15 is 0 Å². The van der Waals surface area contributed by atoms with Gasteiger partial charge in [0, 0.05) is 15.6 Å². The second kappa shape index (κ2) is 5.17. The van der Waals surface area contributed by atoms with Crippen LogP contribution in [0.15, 0.2) is 22.7 Å². The molecule has 1 heterocycles. The van der Waals surface area contributed by atoms with Crippen molar-refractivity contribution in [3.8, 4) is 0 Å². The minimum Gasteiger partial charge on any atom is -0.361 e. The topological polar surface area (TPSA) is 41.5 Å². The molecule has 1 aliphatic rings. The second-order valence-electron chi connectivity index (χ2n) is 5.89. The Morgan fingerprint density at radius 1 is 1.47 bits per heavy atom. The number of benzene rings is 1. The van der Waals surface area contributed by atoms with Gasteiger partial charge in [-0.1, -0.05) is 28.9 Å². The van der Waals surface area contributed by atoms with Gasteiger partial charge in [-0.15, -0.1) is 0 Å². The standard InChI is InChI=1S/C15H22BrNO2/c1-5-11-8-12(6-7-13(11)16)15(18)10(2)17-14(3,4)9-19-15/h6-8,10,17-18H,5,9H2,1-4H3. The fourth-order valence-electron chi connectivity index (χ4n) is 2.54. The van der Waals surface area contributed by atoms with E-state index in [0.29, 0.717) is 6.61 Å². The van der Waals surface area contributed by atoms with Gasteiger partial charge in [-0.25, -0.2) is 0 Å². The van der Waals surface area contributed by atoms with E-state index in [1.165, 1.54) is 5.56 Å². The van der Waals surface area contributed by atoms with Gasteiger partial charge >= 0.3 is 0 Å². The minimum atomic E-state index is -1.26. The Labute approximate surface area is 123 Å². The zero-order valence-corrected chi connectivity index (χ0v) is 13.5. The molecule has 0 aliphatic carbocycles. The normalized spacial score (nSPS) is 30.3. The molecule has 0 radical (unpaired) electrons. The van der Waals surface area contributed by atoms with Crippen LogP contribution in [0.25, 0.3) is 0 Å². The summed E-state index contributed by atoms with van der Waals surface area (Å²) in [7, 11) is 0. The minimum absolute atomic E-state index is 0.116. The van der Waals surface area contributed by atoms with Crippen molar-refractivity contribution in [3.05, 3.63) is 33.8 Å². The van der Waals surface area contributed by atoms with Crippen molar-refractivity contribution in [2.45, 2.75) is 51.5 Å². The van der Waals surface area contributed by atoms with Gasteiger partial charge in [0.2, 0.25) is 5.79 Å². The fourth-order valence-corrected chi connectivity index (χ4v) is 3.07. The summed E-state index contributed by atoms with van der Waals surface area (Å²) >= 11 is 3.53. The Bertz CT molecular complexity index is 475. The quantitative estimate of drug-likeness (QED) is 0.877. The lowest BCUT2D eigenvalue weighted by molar-refractivity contribution is -0.263. The van der Waals surface area contributed by atoms with E-state index in [9.17, 15) is 5.11 Å². The Hall–Kier alpha value is -0.420. The van der Waals surface area contributed by atoms with Crippen molar-refractivity contribution < 1.29 is 9.84 Å². The Kier molecular flexibility index (Phi) is 4.07. The van der Waals surface area contributed by atoms with Gasteiger partial charge in [0.25, 0.3) is 0 Å². The molecule has 19 heavy (non-hydrogen) atoms. The molecule has 1 aromatic carbocycles. The van der Waals surface area contributed by atoms with Gasteiger partial charge in [0.05, 0.1) is 12.6 Å². The number of rotatable bonds is 2. The van der Waals surface area contributed by atoms with Crippen LogP contribution in [0.4, 0.5) is 0 Å². The highest BCUT2D eigenvalue weighted by Gasteiger charge is 2.44. The zero-order valence-electron chi connectivity index (χ0n) is 12.0. The van der Waals surface area contributed by atoms with Crippen LogP contribution in [0.3, 0.4) is 0 Å². The monoisotopic (exact) mass is 327 g/mol. The summed E-state index contributed by atoms with van der Waals surface area (Å²) in [6, 6.07) is 5.74. The maximum atomic E-state index is 10.9. The van der Waals surface area contributed by atoms with Gasteiger partial charge in [-0.05, 0) is 44.9 Å². The smallest absolute Gasteiger partial charge is 0.208 e. The van der Waals surface area contributed by atoms with Gasteiger partial charge in [0.15, 0.2) is 0 Å². The van der Waals surface area contributed by atoms with E-state index < -0.39 is 5.79 Å². The van der Waals surface area contributed by atoms with E-state index in [1.54, 1.807) is 0 Å². The summed E-state index contributed by atoms with van der Waals surface area (Å²) in [5.74, 6) is -1.26. The molecule has 1 aromatic rings. The molecule has 106 valence electrons. The molecule has 0 bridgehead atoms. The van der Waals surface area contributed by atoms with Gasteiger partial charge in [-0.3, -0.25) is 0 Å². The summed E-state index contributed by atoms with van der Waals surface area (Å²) in [5, 5.41) is 14.3. The number of hydrogen-bond acceptors (Lipinski definition) is 3. The van der Waals surface area contributed by atoms with Crippen LogP contribution in [0.2, 0.25) is 0 Å². The van der Waals surface area contributed by atoms with Crippen LogP contribution in [-0.2, 0) is 16.9 Å². The van der Waals surface area contributed by atoms with Crippen molar-refractivity contribution in [2.24, 2.45) is 0 Å². The summed E-state index contributed by atoms with van der Waals surface area (Å²) in [6.07, 6.45) is 0.914. The van der Waals surface area contributed by atoms with E-state index in [1.807, 2.05) is 25.1 Å². The largest absolute Gasteiger partial charge is 0.361 e. The third-order valence-electron chi connectivity index (χ3n) is 3.69. The number of morpholine rings is 1. The summed E-state index contributed by atoms with van der Waals surface area (Å²) in [4.78, 5) is 0. The summed E-state index contributed by atoms with van der Waals surface area (Å²) < 4.78 is 6.86. The van der Waals surface area contributed by atoms with Crippen molar-refractivity contribution in [3.63, 3.8) is 0 Å². The average molecular weight is 328 g/mol. The SMILES string of the molecule is CCc1cc(C2(O)OCC(C)(C)NC2C)ccc1Br. The molecule has 0 spiro atoms. The highest BCUT2D eigenvalue weighted by atomic mass is 79.9. The molecule has 0 aromatic heterocycles. The number of ether oxygens (including phenoxy) is 1. The van der Waals surface area contributed by atoms with Crippen LogP contribution in [0.5, 0.6) is 0 Å². The number of halogens is 1. The Morgan fingerprint density at radius 2 is 2.16 bits per heavy atom. The summed E-state index contributed by atoms with van der Waals surface area (Å²) in [5.41, 5.74) is 1.86. The molecule has 0 saturated carbocycles. The van der Waals surface area contributed by atoms with Gasteiger partial charge in [0.1, 0.15) is 0 Å². The molecule has 1 saturated heterocycles. The van der Waals surface area contributed by atoms with Crippen molar-refractivity contribution in [1.82, 2.24) is 5.32 Å². The Morgan fingerprint density at radius 3 is 2.74 bits per heavy atom. The number of hydrogen-bond donors (Lipinski definition) is 2. The lowest BCUT2D eigenvalue weighted by Gasteiger charge is -2.46. The molecule has 2 unspecified atom stereocenters. The van der Waals surface area contributed by atoms with Crippen molar-refractivity contribution in [1.29, 1.82) is 0 Å². The first-order valence-corrected chi connectivity index (χ1v) is 7.51. The zero-order chi connectivity index (χ0) is 14.3. The van der Waals surface area contributed by atoms with E-state index in [0.717, 1.165) is 16.5 Å². The number of aryl methyl sites for hydroxylation is 1. The molecule has 0 amide bonds. The highest BCUT2D eigenvalue weighted by Crippen LogP contribution is 2.34. The lowest BCUT2D eigenvalue weighted by Crippen LogP contribution is -2.63. The van der Waals surface area contributed by atoms with Gasteiger partial charge < -0.3 is 15.2 Å². The second-order valence-corrected chi connectivity index (χ2v) is 6.75. The predicted molar refractivity (Wildman–Crippen MR) is 80.0 cm³/mol.